The van der Waals surface area contributed by atoms with Gasteiger partial charge in [-0.3, -0.25) is 4.79 Å². The first-order valence-corrected chi connectivity index (χ1v) is 26.7. The Balaban J connectivity index is 0.000000168. The number of hydrogen-bond donors (Lipinski definition) is 1. The second-order valence-electron chi connectivity index (χ2n) is 17.3. The molecule has 9 nitrogen and oxygen atoms in total. The molecule has 0 atom stereocenters. The van der Waals surface area contributed by atoms with Gasteiger partial charge >= 0.3 is 21.2 Å². The quantitative estimate of drug-likeness (QED) is 0.0620. The molecule has 0 aliphatic carbocycles. The lowest BCUT2D eigenvalue weighted by atomic mass is 9.53. The van der Waals surface area contributed by atoms with Crippen molar-refractivity contribution in [2.45, 2.75) is 46.5 Å². The van der Waals surface area contributed by atoms with Gasteiger partial charge in [0.25, 0.3) is 0 Å². The number of carbonyl (C=O) groups is 2. The number of hydrogen-bond acceptors (Lipinski definition) is 9. The Labute approximate surface area is 466 Å². The van der Waals surface area contributed by atoms with Crippen LogP contribution in [0.25, 0.3) is 0 Å². The molecule has 7 aromatic rings. The number of benzene rings is 7. The largest absolute Gasteiger partial charge is 0.494 e. The van der Waals surface area contributed by atoms with E-state index < -0.39 is 12.9 Å². The molecule has 3 aliphatic heterocycles. The van der Waals surface area contributed by atoms with Gasteiger partial charge in [-0.1, -0.05) is 174 Å². The van der Waals surface area contributed by atoms with E-state index >= 15 is 0 Å². The Kier molecular flexibility index (Phi) is 27.1. The summed E-state index contributed by atoms with van der Waals surface area (Å²) in [6.45, 7) is 10.1. The molecule has 75 heavy (non-hydrogen) atoms. The van der Waals surface area contributed by atoms with Crippen molar-refractivity contribution in [1.29, 1.82) is 0 Å². The molecule has 10 rings (SSSR count). The van der Waals surface area contributed by atoms with Gasteiger partial charge in [0.2, 0.25) is 0 Å². The summed E-state index contributed by atoms with van der Waals surface area (Å²) in [7, 11) is 0.619. The summed E-state index contributed by atoms with van der Waals surface area (Å²) in [5.74, 6) is -0.659. The van der Waals surface area contributed by atoms with Crippen LogP contribution in [0.1, 0.15) is 49.3 Å². The number of ether oxygens (including phenoxy) is 2. The van der Waals surface area contributed by atoms with E-state index in [0.717, 1.165) is 51.3 Å². The number of aryl methyl sites for hydroxylation is 3. The molecule has 0 unspecified atom stereocenters. The molecule has 0 aromatic heterocycles. The summed E-state index contributed by atoms with van der Waals surface area (Å²) in [5.41, 5.74) is 13.1. The van der Waals surface area contributed by atoms with Crippen LogP contribution >= 0.6 is 47.8 Å². The lowest BCUT2D eigenvalue weighted by molar-refractivity contribution is -0.107. The Hall–Kier alpha value is -4.91. The molecule has 390 valence electrons. The zero-order chi connectivity index (χ0) is 54.0. The van der Waals surface area contributed by atoms with E-state index in [9.17, 15) is 23.4 Å². The van der Waals surface area contributed by atoms with Crippen LogP contribution in [0.15, 0.2) is 165 Å². The highest BCUT2D eigenvalue weighted by atomic mass is 79.9. The fraction of sp³-hybridized carbons (Fsp3) is 0.241. The van der Waals surface area contributed by atoms with Crippen molar-refractivity contribution >= 4 is 103 Å². The summed E-state index contributed by atoms with van der Waals surface area (Å²) in [6.07, 6.45) is 4.62. The van der Waals surface area contributed by atoms with E-state index in [-0.39, 0.29) is 19.9 Å². The van der Waals surface area contributed by atoms with Crippen molar-refractivity contribution in [3.63, 3.8) is 0 Å². The molecule has 0 bridgehead atoms. The first-order chi connectivity index (χ1) is 36.3. The van der Waals surface area contributed by atoms with Gasteiger partial charge < -0.3 is 37.9 Å². The summed E-state index contributed by atoms with van der Waals surface area (Å²) < 4.78 is 59.4. The van der Waals surface area contributed by atoms with Crippen LogP contribution in [0.3, 0.4) is 0 Å². The second kappa shape index (κ2) is 33.3. The summed E-state index contributed by atoms with van der Waals surface area (Å²) >= 11 is 9.98. The van der Waals surface area contributed by atoms with E-state index in [1.54, 1.807) is 13.2 Å². The number of aldehydes is 2. The monoisotopic (exact) mass is 1210 g/mol. The summed E-state index contributed by atoms with van der Waals surface area (Å²) in [6, 6.07) is 47.7. The minimum absolute atomic E-state index is 0.112. The summed E-state index contributed by atoms with van der Waals surface area (Å²) in [4.78, 5) is 20.4. The molecule has 1 saturated heterocycles. The van der Waals surface area contributed by atoms with Crippen molar-refractivity contribution < 1.29 is 51.5 Å². The average molecular weight is 1210 g/mol. The van der Waals surface area contributed by atoms with Crippen LogP contribution in [-0.4, -0.2) is 85.7 Å². The standard InChI is InChI=1S/C15H15BO.C11H15BrO2.C9H9BrO.C8H8BFO2.C8H9BO2.C7H4BrFO/c1-12-7-8-15-13(11-12)9-10-17-16(15)14-5-3-2-4-6-14;1-9-3-4-11(12)10(7-9)5-6-14-8-13-2;1-7-2-3-9(10)8(6-7)4-5-11;10-7-1-2-8-6(5-7)3-4-12-9(8)11;1-2-4-8(5-3-1)9-10-6-7-11-9;8-7-2-1-6(9)3-5(7)4-10/h2-8,11H,9-10H2,1H3;3-4,7H,5-6,8H2,1-2H3;2-3,5-6H,4H2,1H3;1-2,5,11H,3-4H2;1-5H,6-7H2;1-4H. The maximum atomic E-state index is 12.7. The molecule has 0 spiro atoms. The number of carbonyl (C=O) groups excluding carboxylic acids is 2. The zero-order valence-corrected chi connectivity index (χ0v) is 47.3. The lowest BCUT2D eigenvalue weighted by Gasteiger charge is -2.24. The number of methoxy groups -OCH3 is 1. The molecular weight excluding hydrogens is 1150 g/mol. The predicted molar refractivity (Wildman–Crippen MR) is 308 cm³/mol. The molecule has 0 amide bonds. The van der Waals surface area contributed by atoms with Crippen LogP contribution in [-0.2, 0) is 58.6 Å². The fourth-order valence-electron chi connectivity index (χ4n) is 7.82. The smallest absolute Gasteiger partial charge is 0.427 e. The highest BCUT2D eigenvalue weighted by Gasteiger charge is 2.28. The van der Waals surface area contributed by atoms with Crippen molar-refractivity contribution in [3.8, 4) is 0 Å². The summed E-state index contributed by atoms with van der Waals surface area (Å²) in [5, 5.41) is 9.31. The third kappa shape index (κ3) is 20.9. The maximum Gasteiger partial charge on any atom is 0.494 e. The minimum atomic E-state index is -0.880. The van der Waals surface area contributed by atoms with Gasteiger partial charge in [-0.15, -0.1) is 0 Å². The highest BCUT2D eigenvalue weighted by Crippen LogP contribution is 2.20. The molecule has 1 fully saturated rings. The normalized spacial score (nSPS) is 13.0. The van der Waals surface area contributed by atoms with Crippen LogP contribution in [0, 0.1) is 32.4 Å². The van der Waals surface area contributed by atoms with Crippen molar-refractivity contribution in [2.24, 2.45) is 0 Å². The van der Waals surface area contributed by atoms with Crippen molar-refractivity contribution in [2.75, 3.05) is 46.9 Å². The van der Waals surface area contributed by atoms with Gasteiger partial charge in [-0.2, -0.15) is 0 Å². The molecular formula is C58H60B3Br3F2O9. The van der Waals surface area contributed by atoms with Gasteiger partial charge in [-0.25, -0.2) is 8.78 Å². The SMILES string of the molecule is COCOCCc1cc(C)ccc1Br.Cc1ccc(Br)c(CC=O)c1.Cc1ccc2c(c1)CCOB2c1ccccc1.O=Cc1cc(F)ccc1Br.OB1OCCc2cc(F)ccc21.c1ccc(B2OCCO2)cc1. The first-order valence-electron chi connectivity index (χ1n) is 24.3. The maximum absolute atomic E-state index is 12.7. The molecule has 7 aromatic carbocycles. The third-order valence-electron chi connectivity index (χ3n) is 11.6. The molecule has 0 saturated carbocycles. The van der Waals surface area contributed by atoms with Crippen LogP contribution < -0.4 is 21.9 Å². The molecule has 17 heteroatoms. The van der Waals surface area contributed by atoms with Gasteiger partial charge in [0.05, 0.1) is 19.8 Å². The van der Waals surface area contributed by atoms with Crippen LogP contribution in [0.4, 0.5) is 8.78 Å². The van der Waals surface area contributed by atoms with E-state index in [1.165, 1.54) is 69.1 Å². The minimum Gasteiger partial charge on any atom is -0.427 e. The van der Waals surface area contributed by atoms with E-state index in [4.69, 9.17) is 28.1 Å². The van der Waals surface area contributed by atoms with Crippen molar-refractivity contribution in [3.05, 3.63) is 221 Å². The Bertz CT molecular complexity index is 2850. The molecule has 1 N–H and O–H groups in total. The van der Waals surface area contributed by atoms with Crippen LogP contribution in [0.5, 0.6) is 0 Å². The number of rotatable bonds is 10. The number of fused-ring (bicyclic) bond motifs is 2. The zero-order valence-electron chi connectivity index (χ0n) is 42.5. The predicted octanol–water partition coefficient (Wildman–Crippen LogP) is 10.0. The first kappa shape index (κ1) is 61.0. The molecule has 3 aliphatic rings. The molecule has 0 radical (unpaired) electrons. The topological polar surface area (TPSA) is 110 Å². The van der Waals surface area contributed by atoms with E-state index in [2.05, 4.69) is 122 Å². The Morgan fingerprint density at radius 3 is 1.75 bits per heavy atom. The van der Waals surface area contributed by atoms with Gasteiger partial charge in [0.1, 0.15) is 24.7 Å². The van der Waals surface area contributed by atoms with Gasteiger partial charge in [0.15, 0.2) is 6.29 Å². The van der Waals surface area contributed by atoms with Gasteiger partial charge in [0, 0.05) is 45.7 Å². The second-order valence-corrected chi connectivity index (χ2v) is 19.9. The highest BCUT2D eigenvalue weighted by molar-refractivity contribution is 9.11. The van der Waals surface area contributed by atoms with Crippen LogP contribution in [0.2, 0.25) is 0 Å². The lowest BCUT2D eigenvalue weighted by Crippen LogP contribution is -2.49. The van der Waals surface area contributed by atoms with E-state index in [0.29, 0.717) is 67.8 Å². The fourth-order valence-corrected chi connectivity index (χ4v) is 9.02. The number of halogens is 5. The molecule has 3 heterocycles. The van der Waals surface area contributed by atoms with Crippen molar-refractivity contribution in [1.82, 2.24) is 0 Å². The van der Waals surface area contributed by atoms with Gasteiger partial charge in [-0.05, 0) is 127 Å². The Morgan fingerprint density at radius 2 is 1.12 bits per heavy atom. The Morgan fingerprint density at radius 1 is 0.587 bits per heavy atom. The third-order valence-corrected chi connectivity index (χ3v) is 13.8. The average Bonchev–Trinajstić information content (AvgIpc) is 3.97. The van der Waals surface area contributed by atoms with E-state index in [1.807, 2.05) is 61.5 Å².